The predicted octanol–water partition coefficient (Wildman–Crippen LogP) is 1.42. The number of aliphatic carboxylic acids is 1. The highest BCUT2D eigenvalue weighted by atomic mass is 19.4. The quantitative estimate of drug-likeness (QED) is 0.874. The largest absolute Gasteiger partial charge is 0.481 e. The molecule has 1 saturated heterocycles. The molecule has 0 aliphatic carbocycles. The Morgan fingerprint density at radius 3 is 2.57 bits per heavy atom. The van der Waals surface area contributed by atoms with Gasteiger partial charge in [-0.05, 0) is 13.3 Å². The van der Waals surface area contributed by atoms with E-state index in [4.69, 9.17) is 9.63 Å². The number of likely N-dealkylation sites (tertiary alicyclic amines) is 1. The molecule has 1 aromatic rings. The van der Waals surface area contributed by atoms with Crippen LogP contribution in [0.1, 0.15) is 24.6 Å². The monoisotopic (exact) mass is 335 g/mol. The minimum absolute atomic E-state index is 0.00164. The lowest BCUT2D eigenvalue weighted by Gasteiger charge is -2.18. The van der Waals surface area contributed by atoms with Crippen molar-refractivity contribution in [3.63, 3.8) is 0 Å². The summed E-state index contributed by atoms with van der Waals surface area (Å²) in [5, 5.41) is 12.5. The van der Waals surface area contributed by atoms with Crippen LogP contribution in [0.2, 0.25) is 0 Å². The van der Waals surface area contributed by atoms with Crippen LogP contribution in [0, 0.1) is 18.8 Å². The van der Waals surface area contributed by atoms with E-state index in [0.29, 0.717) is 24.6 Å². The second-order valence-electron chi connectivity index (χ2n) is 5.48. The van der Waals surface area contributed by atoms with Gasteiger partial charge in [0.15, 0.2) is 5.82 Å². The molecule has 1 amide bonds. The lowest BCUT2D eigenvalue weighted by atomic mass is 9.96. The van der Waals surface area contributed by atoms with Gasteiger partial charge < -0.3 is 14.5 Å². The lowest BCUT2D eigenvalue weighted by Crippen LogP contribution is -2.34. The van der Waals surface area contributed by atoms with Crippen molar-refractivity contribution >= 4 is 11.9 Å². The van der Waals surface area contributed by atoms with Crippen LogP contribution in [0.5, 0.6) is 0 Å². The minimum atomic E-state index is -4.64. The van der Waals surface area contributed by atoms with Crippen LogP contribution in [0.3, 0.4) is 0 Å². The Morgan fingerprint density at radius 1 is 1.39 bits per heavy atom. The first-order valence-corrected chi connectivity index (χ1v) is 7.05. The third-order valence-electron chi connectivity index (χ3n) is 3.76. The Labute approximate surface area is 129 Å². The maximum absolute atomic E-state index is 12.9. The number of carbonyl (C=O) groups is 2. The van der Waals surface area contributed by atoms with Crippen molar-refractivity contribution in [2.75, 3.05) is 13.1 Å². The van der Waals surface area contributed by atoms with Crippen LogP contribution in [-0.2, 0) is 16.0 Å². The molecule has 0 bridgehead atoms. The Bertz CT molecular complexity index is 587. The third-order valence-corrected chi connectivity index (χ3v) is 3.76. The van der Waals surface area contributed by atoms with Gasteiger partial charge in [-0.1, -0.05) is 5.16 Å². The number of halogens is 3. The molecule has 1 fully saturated rings. The average Bonchev–Trinajstić information content (AvgIpc) is 3.04. The van der Waals surface area contributed by atoms with E-state index in [0.717, 1.165) is 4.90 Å². The van der Waals surface area contributed by atoms with E-state index in [1.54, 1.807) is 6.92 Å². The minimum Gasteiger partial charge on any atom is -0.481 e. The van der Waals surface area contributed by atoms with Crippen molar-refractivity contribution in [3.05, 3.63) is 11.7 Å². The molecular weight excluding hydrogens is 319 g/mol. The zero-order valence-corrected chi connectivity index (χ0v) is 12.3. The van der Waals surface area contributed by atoms with Gasteiger partial charge in [0.2, 0.25) is 11.8 Å². The number of hydrogen-bond acceptors (Lipinski definition) is 5. The molecule has 0 aromatic carbocycles. The van der Waals surface area contributed by atoms with Crippen molar-refractivity contribution in [1.29, 1.82) is 0 Å². The number of hydrogen-bond donors (Lipinski definition) is 1. The standard InChI is InChI=1S/C13H16F3N3O4/c1-7-17-10(23-18-7)3-2-4-11(20)19-5-8(12(21)22)9(6-19)13(14,15)16/h8-9H,2-6H2,1H3,(H,21,22)/t8-,9-/m1/s1. The summed E-state index contributed by atoms with van der Waals surface area (Å²) < 4.78 is 43.4. The van der Waals surface area contributed by atoms with Gasteiger partial charge in [0.25, 0.3) is 0 Å². The van der Waals surface area contributed by atoms with Crippen molar-refractivity contribution in [1.82, 2.24) is 15.0 Å². The summed E-state index contributed by atoms with van der Waals surface area (Å²) in [6.07, 6.45) is -3.96. The number of aromatic nitrogens is 2. The molecule has 1 aliphatic rings. The van der Waals surface area contributed by atoms with Crippen molar-refractivity contribution in [3.8, 4) is 0 Å². The van der Waals surface area contributed by atoms with Gasteiger partial charge in [0.05, 0.1) is 11.8 Å². The normalized spacial score (nSPS) is 21.7. The molecule has 1 aromatic heterocycles. The van der Waals surface area contributed by atoms with Gasteiger partial charge in [-0.2, -0.15) is 18.2 Å². The summed E-state index contributed by atoms with van der Waals surface area (Å²) in [4.78, 5) is 27.9. The van der Waals surface area contributed by atoms with Gasteiger partial charge in [-0.3, -0.25) is 9.59 Å². The molecule has 0 saturated carbocycles. The Hall–Kier alpha value is -2.13. The van der Waals surface area contributed by atoms with E-state index in [-0.39, 0.29) is 6.42 Å². The van der Waals surface area contributed by atoms with E-state index in [1.165, 1.54) is 0 Å². The average molecular weight is 335 g/mol. The zero-order chi connectivity index (χ0) is 17.2. The molecule has 0 radical (unpaired) electrons. The van der Waals surface area contributed by atoms with E-state index < -0.39 is 43.0 Å². The molecular formula is C13H16F3N3O4. The summed E-state index contributed by atoms with van der Waals surface area (Å²) in [6.45, 7) is 0.614. The molecule has 0 unspecified atom stereocenters. The Kier molecular flexibility index (Phi) is 4.90. The van der Waals surface area contributed by atoms with E-state index in [2.05, 4.69) is 10.1 Å². The Balaban J connectivity index is 1.88. The van der Waals surface area contributed by atoms with Gasteiger partial charge in [-0.15, -0.1) is 0 Å². The molecule has 128 valence electrons. The number of carbonyl (C=O) groups excluding carboxylic acids is 1. The first-order chi connectivity index (χ1) is 10.7. The fourth-order valence-corrected chi connectivity index (χ4v) is 2.58. The van der Waals surface area contributed by atoms with Crippen LogP contribution in [0.25, 0.3) is 0 Å². The highest BCUT2D eigenvalue weighted by molar-refractivity contribution is 5.79. The predicted molar refractivity (Wildman–Crippen MR) is 69.2 cm³/mol. The summed E-state index contributed by atoms with van der Waals surface area (Å²) in [5.74, 6) is -4.86. The molecule has 10 heteroatoms. The number of carboxylic acids is 1. The molecule has 0 spiro atoms. The fraction of sp³-hybridized carbons (Fsp3) is 0.692. The van der Waals surface area contributed by atoms with E-state index in [9.17, 15) is 22.8 Å². The smallest absolute Gasteiger partial charge is 0.394 e. The van der Waals surface area contributed by atoms with Gasteiger partial charge >= 0.3 is 12.1 Å². The molecule has 23 heavy (non-hydrogen) atoms. The van der Waals surface area contributed by atoms with Crippen LogP contribution >= 0.6 is 0 Å². The van der Waals surface area contributed by atoms with Crippen LogP contribution in [-0.4, -0.2) is 51.3 Å². The summed E-state index contributed by atoms with van der Waals surface area (Å²) in [7, 11) is 0. The highest BCUT2D eigenvalue weighted by Gasteiger charge is 2.53. The molecule has 2 rings (SSSR count). The summed E-state index contributed by atoms with van der Waals surface area (Å²) >= 11 is 0. The SMILES string of the molecule is Cc1noc(CCCC(=O)N2C[C@@H](C(F)(F)F)[C@H](C(=O)O)C2)n1. The fourth-order valence-electron chi connectivity index (χ4n) is 2.58. The molecule has 2 atom stereocenters. The molecule has 1 aliphatic heterocycles. The third kappa shape index (κ3) is 4.20. The maximum Gasteiger partial charge on any atom is 0.394 e. The van der Waals surface area contributed by atoms with Gasteiger partial charge in [0, 0.05) is 25.9 Å². The lowest BCUT2D eigenvalue weighted by molar-refractivity contribution is -0.188. The second kappa shape index (κ2) is 6.55. The van der Waals surface area contributed by atoms with Gasteiger partial charge in [-0.25, -0.2) is 0 Å². The molecule has 7 nitrogen and oxygen atoms in total. The summed E-state index contributed by atoms with van der Waals surface area (Å²) in [5.41, 5.74) is 0. The topological polar surface area (TPSA) is 96.5 Å². The van der Waals surface area contributed by atoms with Crippen LogP contribution in [0.4, 0.5) is 13.2 Å². The maximum atomic E-state index is 12.9. The van der Waals surface area contributed by atoms with Crippen molar-refractivity contribution < 1.29 is 32.4 Å². The Morgan fingerprint density at radius 2 is 2.09 bits per heavy atom. The first kappa shape index (κ1) is 17.2. The molecule has 1 N–H and O–H groups in total. The van der Waals surface area contributed by atoms with Crippen LogP contribution in [0.15, 0.2) is 4.52 Å². The first-order valence-electron chi connectivity index (χ1n) is 7.05. The van der Waals surface area contributed by atoms with Crippen LogP contribution < -0.4 is 0 Å². The zero-order valence-electron chi connectivity index (χ0n) is 12.3. The number of amides is 1. The number of aryl methyl sites for hydroxylation is 2. The number of carboxylic acid groups (broad SMARTS) is 1. The highest BCUT2D eigenvalue weighted by Crippen LogP contribution is 2.37. The van der Waals surface area contributed by atoms with Crippen molar-refractivity contribution in [2.24, 2.45) is 11.8 Å². The number of alkyl halides is 3. The number of nitrogens with zero attached hydrogens (tertiary/aromatic N) is 3. The second-order valence-corrected chi connectivity index (χ2v) is 5.48. The number of rotatable bonds is 5. The molecule has 2 heterocycles. The van der Waals surface area contributed by atoms with E-state index >= 15 is 0 Å². The van der Waals surface area contributed by atoms with Gasteiger partial charge in [0.1, 0.15) is 0 Å². The van der Waals surface area contributed by atoms with E-state index in [1.807, 2.05) is 0 Å². The summed E-state index contributed by atoms with van der Waals surface area (Å²) in [6, 6.07) is 0. The van der Waals surface area contributed by atoms with Crippen molar-refractivity contribution in [2.45, 2.75) is 32.4 Å².